The molecule has 0 fully saturated rings. The summed E-state index contributed by atoms with van der Waals surface area (Å²) in [5.74, 6) is -0.666. The fourth-order valence-electron chi connectivity index (χ4n) is 1.67. The van der Waals surface area contributed by atoms with Crippen LogP contribution in [0, 0.1) is 5.82 Å². The Hall–Kier alpha value is -2.06. The van der Waals surface area contributed by atoms with Gasteiger partial charge in [0.25, 0.3) is 0 Å². The molecule has 0 amide bonds. The highest BCUT2D eigenvalue weighted by Crippen LogP contribution is 2.40. The molecule has 3 aromatic rings. The number of anilines is 2. The zero-order chi connectivity index (χ0) is 14.3. The molecule has 0 spiro atoms. The molecular weight excluding hydrogens is 303 g/mol. The molecule has 0 atom stereocenters. The van der Waals surface area contributed by atoms with E-state index in [0.29, 0.717) is 16.2 Å². The van der Waals surface area contributed by atoms with Crippen molar-refractivity contribution in [3.63, 3.8) is 0 Å². The Morgan fingerprint density at radius 2 is 2.00 bits per heavy atom. The highest BCUT2D eigenvalue weighted by Gasteiger charge is 2.17. The lowest BCUT2D eigenvalue weighted by atomic mass is 10.3. The number of hydrogen-bond donors (Lipinski definition) is 3. The molecule has 0 aliphatic carbocycles. The molecule has 2 heterocycles. The molecular formula is C11H8ClFN6S. The van der Waals surface area contributed by atoms with E-state index in [0.717, 1.165) is 11.8 Å². The Labute approximate surface area is 121 Å². The van der Waals surface area contributed by atoms with Crippen molar-refractivity contribution in [2.24, 2.45) is 0 Å². The number of nitrogens with two attached hydrogens (primary N) is 2. The molecule has 0 unspecified atom stereocenters. The van der Waals surface area contributed by atoms with E-state index in [2.05, 4.69) is 19.9 Å². The van der Waals surface area contributed by atoms with Gasteiger partial charge in [-0.25, -0.2) is 19.3 Å². The molecule has 3 rings (SSSR count). The normalized spacial score (nSPS) is 11.1. The number of nitrogen functional groups attached to an aromatic ring is 2. The molecule has 0 aliphatic rings. The maximum Gasteiger partial charge on any atom is 0.181 e. The highest BCUT2D eigenvalue weighted by atomic mass is 35.5. The SMILES string of the molecule is Nc1cc(N)c(Sc2ncnc3nc[nH]c23)c(F)c1Cl. The highest BCUT2D eigenvalue weighted by molar-refractivity contribution is 7.99. The minimum Gasteiger partial charge on any atom is -0.398 e. The molecule has 20 heavy (non-hydrogen) atoms. The summed E-state index contributed by atoms with van der Waals surface area (Å²) in [7, 11) is 0. The van der Waals surface area contributed by atoms with Gasteiger partial charge in [-0.1, -0.05) is 23.4 Å². The Bertz CT molecular complexity index is 805. The van der Waals surface area contributed by atoms with Gasteiger partial charge < -0.3 is 16.5 Å². The quantitative estimate of drug-likeness (QED) is 0.496. The smallest absolute Gasteiger partial charge is 0.181 e. The Balaban J connectivity index is 2.12. The van der Waals surface area contributed by atoms with E-state index >= 15 is 0 Å². The van der Waals surface area contributed by atoms with Crippen molar-refractivity contribution in [1.29, 1.82) is 0 Å². The van der Waals surface area contributed by atoms with Crippen LogP contribution in [-0.4, -0.2) is 19.9 Å². The number of aromatic amines is 1. The zero-order valence-electron chi connectivity index (χ0n) is 9.89. The standard InChI is InChI=1S/C11H8ClFN6S/c12-6-4(14)1-5(15)9(7(6)13)20-11-8-10(17-2-16-8)18-3-19-11/h1-3H,14-15H2,(H,16,17,18,19). The van der Waals surface area contributed by atoms with Gasteiger partial charge in [-0.15, -0.1) is 0 Å². The summed E-state index contributed by atoms with van der Waals surface area (Å²) in [6.07, 6.45) is 2.83. The first kappa shape index (κ1) is 12.9. The summed E-state index contributed by atoms with van der Waals surface area (Å²) < 4.78 is 14.2. The molecule has 0 aliphatic heterocycles. The fraction of sp³-hybridized carbons (Fsp3) is 0. The lowest BCUT2D eigenvalue weighted by Crippen LogP contribution is -1.98. The number of aromatic nitrogens is 4. The Morgan fingerprint density at radius 1 is 1.20 bits per heavy atom. The number of H-pyrrole nitrogens is 1. The van der Waals surface area contributed by atoms with Crippen LogP contribution in [0.5, 0.6) is 0 Å². The fourth-order valence-corrected chi connectivity index (χ4v) is 2.79. The second kappa shape index (κ2) is 4.80. The molecule has 6 nitrogen and oxygen atoms in total. The van der Waals surface area contributed by atoms with E-state index in [1.165, 1.54) is 18.7 Å². The lowest BCUT2D eigenvalue weighted by molar-refractivity contribution is 0.604. The van der Waals surface area contributed by atoms with Crippen LogP contribution in [0.1, 0.15) is 0 Å². The third-order valence-electron chi connectivity index (χ3n) is 2.61. The van der Waals surface area contributed by atoms with Gasteiger partial charge in [-0.3, -0.25) is 0 Å². The van der Waals surface area contributed by atoms with Crippen molar-refractivity contribution in [3.05, 3.63) is 29.6 Å². The van der Waals surface area contributed by atoms with Crippen LogP contribution < -0.4 is 11.5 Å². The number of rotatable bonds is 2. The lowest BCUT2D eigenvalue weighted by Gasteiger charge is -2.09. The number of nitrogens with one attached hydrogen (secondary N) is 1. The second-order valence-corrected chi connectivity index (χ2v) is 5.27. The van der Waals surface area contributed by atoms with E-state index in [1.807, 2.05) is 0 Å². The maximum atomic E-state index is 14.2. The van der Waals surface area contributed by atoms with Crippen LogP contribution in [0.25, 0.3) is 11.2 Å². The minimum atomic E-state index is -0.666. The summed E-state index contributed by atoms with van der Waals surface area (Å²) in [4.78, 5) is 15.1. The van der Waals surface area contributed by atoms with Gasteiger partial charge in [-0.05, 0) is 6.07 Å². The predicted molar refractivity (Wildman–Crippen MR) is 76.0 cm³/mol. The number of hydrogen-bond acceptors (Lipinski definition) is 6. The van der Waals surface area contributed by atoms with E-state index < -0.39 is 5.82 Å². The molecule has 5 N–H and O–H groups in total. The van der Waals surface area contributed by atoms with Gasteiger partial charge in [0.2, 0.25) is 0 Å². The van der Waals surface area contributed by atoms with Gasteiger partial charge >= 0.3 is 0 Å². The summed E-state index contributed by atoms with van der Waals surface area (Å²) in [6.45, 7) is 0. The summed E-state index contributed by atoms with van der Waals surface area (Å²) in [5, 5.41) is 0.343. The van der Waals surface area contributed by atoms with Crippen LogP contribution in [0.4, 0.5) is 15.8 Å². The van der Waals surface area contributed by atoms with Crippen LogP contribution in [0.3, 0.4) is 0 Å². The van der Waals surface area contributed by atoms with Gasteiger partial charge in [0, 0.05) is 0 Å². The van der Waals surface area contributed by atoms with Crippen molar-refractivity contribution in [3.8, 4) is 0 Å². The van der Waals surface area contributed by atoms with Gasteiger partial charge in [0.05, 0.1) is 22.6 Å². The molecule has 9 heteroatoms. The largest absolute Gasteiger partial charge is 0.398 e. The van der Waals surface area contributed by atoms with Crippen LogP contribution >= 0.6 is 23.4 Å². The monoisotopic (exact) mass is 310 g/mol. The van der Waals surface area contributed by atoms with Gasteiger partial charge in [-0.2, -0.15) is 0 Å². The average molecular weight is 311 g/mol. The number of nitrogens with zero attached hydrogens (tertiary/aromatic N) is 3. The molecule has 0 saturated heterocycles. The van der Waals surface area contributed by atoms with Gasteiger partial charge in [0.15, 0.2) is 11.5 Å². The number of imidazole rings is 1. The van der Waals surface area contributed by atoms with Crippen molar-refractivity contribution in [2.45, 2.75) is 9.92 Å². The van der Waals surface area contributed by atoms with Gasteiger partial charge in [0.1, 0.15) is 21.9 Å². The average Bonchev–Trinajstić information content (AvgIpc) is 2.90. The topological polar surface area (TPSA) is 106 Å². The van der Waals surface area contributed by atoms with Crippen molar-refractivity contribution in [1.82, 2.24) is 19.9 Å². The Morgan fingerprint density at radius 3 is 2.80 bits per heavy atom. The van der Waals surface area contributed by atoms with E-state index in [1.54, 1.807) is 0 Å². The minimum absolute atomic E-state index is 0.0976. The number of fused-ring (bicyclic) bond motifs is 1. The van der Waals surface area contributed by atoms with Crippen molar-refractivity contribution in [2.75, 3.05) is 11.5 Å². The molecule has 102 valence electrons. The first-order valence-corrected chi connectivity index (χ1v) is 6.62. The zero-order valence-corrected chi connectivity index (χ0v) is 11.5. The van der Waals surface area contributed by atoms with Crippen molar-refractivity contribution >= 4 is 45.9 Å². The summed E-state index contributed by atoms with van der Waals surface area (Å²) in [6, 6.07) is 1.42. The van der Waals surface area contributed by atoms with Crippen LogP contribution in [-0.2, 0) is 0 Å². The molecule has 0 bridgehead atoms. The Kier molecular flexibility index (Phi) is 3.11. The maximum absolute atomic E-state index is 14.2. The number of halogens is 2. The second-order valence-electron chi connectivity index (χ2n) is 3.89. The third-order valence-corrected chi connectivity index (χ3v) is 4.11. The van der Waals surface area contributed by atoms with Crippen LogP contribution in [0.15, 0.2) is 28.6 Å². The number of benzene rings is 1. The third kappa shape index (κ3) is 2.02. The summed E-state index contributed by atoms with van der Waals surface area (Å²) in [5.41, 5.74) is 12.7. The molecule has 0 saturated carbocycles. The van der Waals surface area contributed by atoms with Crippen molar-refractivity contribution < 1.29 is 4.39 Å². The summed E-state index contributed by atoms with van der Waals surface area (Å²) >= 11 is 6.83. The first-order valence-electron chi connectivity index (χ1n) is 5.43. The predicted octanol–water partition coefficient (Wildman–Crippen LogP) is 2.46. The molecule has 2 aromatic heterocycles. The van der Waals surface area contributed by atoms with E-state index in [-0.39, 0.29) is 21.3 Å². The molecule has 0 radical (unpaired) electrons. The molecule has 1 aromatic carbocycles. The van der Waals surface area contributed by atoms with Crippen LogP contribution in [0.2, 0.25) is 5.02 Å². The van der Waals surface area contributed by atoms with E-state index in [4.69, 9.17) is 23.1 Å². The van der Waals surface area contributed by atoms with E-state index in [9.17, 15) is 4.39 Å². The first-order chi connectivity index (χ1) is 9.58.